The fraction of sp³-hybridized carbons (Fsp3) is 0.500. The molecule has 19 heavy (non-hydrogen) atoms. The van der Waals surface area contributed by atoms with Gasteiger partial charge in [-0.3, -0.25) is 0 Å². The first-order valence-electron chi connectivity index (χ1n) is 6.81. The van der Waals surface area contributed by atoms with Crippen molar-refractivity contribution >= 4 is 22.7 Å². The van der Waals surface area contributed by atoms with Gasteiger partial charge in [-0.1, -0.05) is 12.8 Å². The molecular formula is C14H20N4O. The van der Waals surface area contributed by atoms with E-state index in [1.807, 2.05) is 25.2 Å². The van der Waals surface area contributed by atoms with Crippen molar-refractivity contribution in [3.8, 4) is 0 Å². The Morgan fingerprint density at radius 1 is 1.37 bits per heavy atom. The summed E-state index contributed by atoms with van der Waals surface area (Å²) in [6.07, 6.45) is 3.90. The topological polar surface area (TPSA) is 78.2 Å². The molecule has 3 rings (SSSR count). The number of nitrogen functional groups attached to an aromatic ring is 1. The van der Waals surface area contributed by atoms with Crippen molar-refractivity contribution < 1.29 is 5.11 Å². The van der Waals surface area contributed by atoms with Gasteiger partial charge in [0.05, 0.1) is 23.2 Å². The molecule has 2 aromatic rings. The Morgan fingerprint density at radius 2 is 2.16 bits per heavy atom. The molecule has 5 nitrogen and oxygen atoms in total. The standard InChI is InChI=1S/C14H20N4O/c1-18(12-4-2-3-5-13(12)19)14-16-10-7-6-9(15)8-11(10)17-14/h6-8,12-13,19H,2-5,15H2,1H3,(H,16,17). The van der Waals surface area contributed by atoms with E-state index in [2.05, 4.69) is 14.9 Å². The Balaban J connectivity index is 1.90. The molecule has 5 heteroatoms. The summed E-state index contributed by atoms with van der Waals surface area (Å²) in [7, 11) is 1.99. The van der Waals surface area contributed by atoms with Crippen LogP contribution >= 0.6 is 0 Å². The van der Waals surface area contributed by atoms with Crippen molar-refractivity contribution in [2.45, 2.75) is 37.8 Å². The normalized spacial score (nSPS) is 23.7. The molecule has 1 fully saturated rings. The zero-order chi connectivity index (χ0) is 13.4. The second kappa shape index (κ2) is 4.74. The Bertz CT molecular complexity index is 580. The molecule has 2 unspecified atom stereocenters. The monoisotopic (exact) mass is 260 g/mol. The summed E-state index contributed by atoms with van der Waals surface area (Å²) in [5, 5.41) is 10.1. The molecule has 1 aromatic carbocycles. The van der Waals surface area contributed by atoms with Gasteiger partial charge in [0.2, 0.25) is 5.95 Å². The molecule has 0 aliphatic heterocycles. The van der Waals surface area contributed by atoms with Gasteiger partial charge in [0.15, 0.2) is 0 Å². The van der Waals surface area contributed by atoms with E-state index < -0.39 is 0 Å². The summed E-state index contributed by atoms with van der Waals surface area (Å²) in [4.78, 5) is 9.90. The lowest BCUT2D eigenvalue weighted by molar-refractivity contribution is 0.105. The average Bonchev–Trinajstić information content (AvgIpc) is 2.81. The molecule has 0 spiro atoms. The van der Waals surface area contributed by atoms with Crippen molar-refractivity contribution in [3.05, 3.63) is 18.2 Å². The maximum Gasteiger partial charge on any atom is 0.203 e. The first kappa shape index (κ1) is 12.3. The second-order valence-corrected chi connectivity index (χ2v) is 5.37. The zero-order valence-corrected chi connectivity index (χ0v) is 11.1. The van der Waals surface area contributed by atoms with Crippen LogP contribution in [-0.2, 0) is 0 Å². The van der Waals surface area contributed by atoms with Crippen molar-refractivity contribution in [2.75, 3.05) is 17.7 Å². The van der Waals surface area contributed by atoms with Gasteiger partial charge in [-0.2, -0.15) is 0 Å². The summed E-state index contributed by atoms with van der Waals surface area (Å²) < 4.78 is 0. The highest BCUT2D eigenvalue weighted by molar-refractivity contribution is 5.80. The van der Waals surface area contributed by atoms with Gasteiger partial charge in [0.25, 0.3) is 0 Å². The Morgan fingerprint density at radius 3 is 2.95 bits per heavy atom. The number of aromatic nitrogens is 2. The van der Waals surface area contributed by atoms with Gasteiger partial charge in [0, 0.05) is 12.7 Å². The minimum Gasteiger partial charge on any atom is -0.399 e. The van der Waals surface area contributed by atoms with Crippen molar-refractivity contribution in [1.82, 2.24) is 9.97 Å². The van der Waals surface area contributed by atoms with Crippen molar-refractivity contribution in [1.29, 1.82) is 0 Å². The number of nitrogens with two attached hydrogens (primary N) is 1. The van der Waals surface area contributed by atoms with Gasteiger partial charge in [-0.25, -0.2) is 4.98 Å². The molecule has 0 amide bonds. The number of hydrogen-bond donors (Lipinski definition) is 3. The predicted molar refractivity (Wildman–Crippen MR) is 77.2 cm³/mol. The number of fused-ring (bicyclic) bond motifs is 1. The van der Waals surface area contributed by atoms with Crippen LogP contribution in [0.25, 0.3) is 11.0 Å². The number of aromatic amines is 1. The molecule has 102 valence electrons. The number of nitrogens with zero attached hydrogens (tertiary/aromatic N) is 2. The minimum atomic E-state index is -0.267. The molecule has 1 heterocycles. The zero-order valence-electron chi connectivity index (χ0n) is 11.1. The van der Waals surface area contributed by atoms with Crippen LogP contribution in [0.5, 0.6) is 0 Å². The Kier molecular flexibility index (Phi) is 3.06. The molecule has 4 N–H and O–H groups in total. The lowest BCUT2D eigenvalue weighted by Gasteiger charge is -2.34. The summed E-state index contributed by atoms with van der Waals surface area (Å²) in [5.74, 6) is 0.798. The summed E-state index contributed by atoms with van der Waals surface area (Å²) >= 11 is 0. The third kappa shape index (κ3) is 2.26. The molecule has 1 aromatic heterocycles. The van der Waals surface area contributed by atoms with Gasteiger partial charge >= 0.3 is 0 Å². The van der Waals surface area contributed by atoms with Gasteiger partial charge in [0.1, 0.15) is 0 Å². The number of H-pyrrole nitrogens is 1. The van der Waals surface area contributed by atoms with Crippen LogP contribution in [-0.4, -0.2) is 34.3 Å². The summed E-state index contributed by atoms with van der Waals surface area (Å²) in [6.45, 7) is 0. The number of benzene rings is 1. The van der Waals surface area contributed by atoms with E-state index >= 15 is 0 Å². The number of anilines is 2. The SMILES string of the molecule is CN(c1nc2ccc(N)cc2[nH]1)C1CCCCC1O. The van der Waals surface area contributed by atoms with E-state index in [1.165, 1.54) is 6.42 Å². The molecule has 0 bridgehead atoms. The highest BCUT2D eigenvalue weighted by atomic mass is 16.3. The average molecular weight is 260 g/mol. The quantitative estimate of drug-likeness (QED) is 0.720. The maximum absolute atomic E-state index is 10.1. The van der Waals surface area contributed by atoms with E-state index in [4.69, 9.17) is 5.73 Å². The lowest BCUT2D eigenvalue weighted by atomic mass is 9.92. The van der Waals surface area contributed by atoms with Gasteiger partial charge in [-0.05, 0) is 31.0 Å². The van der Waals surface area contributed by atoms with Crippen LogP contribution in [0.1, 0.15) is 25.7 Å². The smallest absolute Gasteiger partial charge is 0.203 e. The predicted octanol–water partition coefficient (Wildman–Crippen LogP) is 1.88. The van der Waals surface area contributed by atoms with Crippen LogP contribution in [0.2, 0.25) is 0 Å². The van der Waals surface area contributed by atoms with Crippen LogP contribution in [0, 0.1) is 0 Å². The van der Waals surface area contributed by atoms with E-state index in [0.29, 0.717) is 0 Å². The lowest BCUT2D eigenvalue weighted by Crippen LogP contribution is -2.43. The van der Waals surface area contributed by atoms with Crippen molar-refractivity contribution in [2.24, 2.45) is 0 Å². The third-order valence-corrected chi connectivity index (χ3v) is 4.02. The van der Waals surface area contributed by atoms with E-state index in [0.717, 1.165) is 41.9 Å². The van der Waals surface area contributed by atoms with Crippen LogP contribution in [0.4, 0.5) is 11.6 Å². The molecule has 1 saturated carbocycles. The molecule has 0 saturated heterocycles. The second-order valence-electron chi connectivity index (χ2n) is 5.37. The maximum atomic E-state index is 10.1. The number of rotatable bonds is 2. The van der Waals surface area contributed by atoms with Crippen LogP contribution in [0.15, 0.2) is 18.2 Å². The fourth-order valence-electron chi connectivity index (χ4n) is 2.88. The van der Waals surface area contributed by atoms with Gasteiger partial charge in [-0.15, -0.1) is 0 Å². The first-order chi connectivity index (χ1) is 9.15. The first-order valence-corrected chi connectivity index (χ1v) is 6.81. The summed E-state index contributed by atoms with van der Waals surface area (Å²) in [5.41, 5.74) is 8.34. The van der Waals surface area contributed by atoms with Crippen molar-refractivity contribution in [3.63, 3.8) is 0 Å². The number of likely N-dealkylation sites (N-methyl/N-ethyl adjacent to an activating group) is 1. The molecule has 1 aliphatic carbocycles. The molecular weight excluding hydrogens is 240 g/mol. The molecule has 0 radical (unpaired) electrons. The third-order valence-electron chi connectivity index (χ3n) is 4.02. The Labute approximate surface area is 112 Å². The van der Waals surface area contributed by atoms with E-state index in [-0.39, 0.29) is 12.1 Å². The highest BCUT2D eigenvalue weighted by Gasteiger charge is 2.28. The Hall–Kier alpha value is -1.75. The number of hydrogen-bond acceptors (Lipinski definition) is 4. The number of aliphatic hydroxyl groups is 1. The molecule has 2 atom stereocenters. The molecule has 1 aliphatic rings. The fourth-order valence-corrected chi connectivity index (χ4v) is 2.88. The van der Waals surface area contributed by atoms with E-state index in [1.54, 1.807) is 0 Å². The highest BCUT2D eigenvalue weighted by Crippen LogP contribution is 2.26. The van der Waals surface area contributed by atoms with Crippen LogP contribution in [0.3, 0.4) is 0 Å². The largest absolute Gasteiger partial charge is 0.399 e. The number of imidazole rings is 1. The number of aliphatic hydroxyl groups excluding tert-OH is 1. The summed E-state index contributed by atoms with van der Waals surface area (Å²) in [6, 6.07) is 5.79. The number of nitrogens with one attached hydrogen (secondary N) is 1. The van der Waals surface area contributed by atoms with Crippen LogP contribution < -0.4 is 10.6 Å². The minimum absolute atomic E-state index is 0.145. The van der Waals surface area contributed by atoms with Gasteiger partial charge < -0.3 is 20.7 Å². The van der Waals surface area contributed by atoms with E-state index in [9.17, 15) is 5.11 Å².